The maximum absolute atomic E-state index is 14.1. The molecule has 4 rings (SSSR count). The fourth-order valence-corrected chi connectivity index (χ4v) is 4.10. The molecule has 2 unspecified atom stereocenters. The predicted molar refractivity (Wildman–Crippen MR) is 82.8 cm³/mol. The van der Waals surface area contributed by atoms with Crippen LogP contribution in [0.15, 0.2) is 23.1 Å². The van der Waals surface area contributed by atoms with Crippen molar-refractivity contribution in [2.75, 3.05) is 26.7 Å². The van der Waals surface area contributed by atoms with Crippen LogP contribution in [0, 0.1) is 11.7 Å². The van der Waals surface area contributed by atoms with Crippen molar-refractivity contribution in [1.82, 2.24) is 9.80 Å². The van der Waals surface area contributed by atoms with Gasteiger partial charge in [-0.3, -0.25) is 4.79 Å². The van der Waals surface area contributed by atoms with Gasteiger partial charge in [-0.25, -0.2) is 17.9 Å². The molecule has 2 N–H and O–H groups in total. The van der Waals surface area contributed by atoms with Crippen LogP contribution in [0.4, 0.5) is 4.39 Å². The highest BCUT2D eigenvalue weighted by Gasteiger charge is 2.37. The number of halogens is 1. The third kappa shape index (κ3) is 3.24. The van der Waals surface area contributed by atoms with Gasteiger partial charge in [-0.05, 0) is 44.0 Å². The van der Waals surface area contributed by atoms with Gasteiger partial charge < -0.3 is 9.80 Å². The van der Waals surface area contributed by atoms with E-state index in [-0.39, 0.29) is 16.5 Å². The molecule has 2 bridgehead atoms. The summed E-state index contributed by atoms with van der Waals surface area (Å²) in [4.78, 5) is 16.4. The number of sulfonamides is 1. The van der Waals surface area contributed by atoms with E-state index < -0.39 is 21.7 Å². The van der Waals surface area contributed by atoms with Crippen LogP contribution in [-0.2, 0) is 10.0 Å². The number of likely N-dealkylation sites (N-methyl/N-ethyl adjacent to an activating group) is 1. The van der Waals surface area contributed by atoms with Crippen molar-refractivity contribution in [3.63, 3.8) is 0 Å². The zero-order valence-corrected chi connectivity index (χ0v) is 13.7. The molecule has 2 atom stereocenters. The second kappa shape index (κ2) is 5.85. The second-order valence-electron chi connectivity index (χ2n) is 6.46. The van der Waals surface area contributed by atoms with Crippen LogP contribution in [-0.4, -0.2) is 56.8 Å². The molecule has 126 valence electrons. The summed E-state index contributed by atoms with van der Waals surface area (Å²) < 4.78 is 37.0. The monoisotopic (exact) mass is 341 g/mol. The van der Waals surface area contributed by atoms with Gasteiger partial charge in [0.05, 0.1) is 10.5 Å². The van der Waals surface area contributed by atoms with E-state index in [4.69, 9.17) is 5.14 Å². The molecule has 8 heteroatoms. The molecule has 0 aromatic heterocycles. The molecule has 3 fully saturated rings. The Morgan fingerprint density at radius 3 is 2.70 bits per heavy atom. The number of primary sulfonamides is 1. The zero-order chi connectivity index (χ0) is 16.8. The SMILES string of the molecule is CN1CC2CCC(C1)N(C(=O)c1cc(S(N)(=O)=O)ccc1F)C2. The smallest absolute Gasteiger partial charge is 0.257 e. The summed E-state index contributed by atoms with van der Waals surface area (Å²) in [7, 11) is -1.96. The normalized spacial score (nSPS) is 25.4. The quantitative estimate of drug-likeness (QED) is 0.856. The Morgan fingerprint density at radius 1 is 1.26 bits per heavy atom. The standard InChI is InChI=1S/C15H20FN3O3S/c1-18-7-10-2-3-11(9-18)19(8-10)15(20)13-6-12(23(17,21)22)4-5-14(13)16/h4-6,10-11H,2-3,7-9H2,1H3,(H2,17,21,22). The number of nitrogens with two attached hydrogens (primary N) is 1. The number of fused-ring (bicyclic) bond motifs is 4. The molecular weight excluding hydrogens is 321 g/mol. The van der Waals surface area contributed by atoms with Crippen molar-refractivity contribution < 1.29 is 17.6 Å². The molecule has 1 aromatic carbocycles. The summed E-state index contributed by atoms with van der Waals surface area (Å²) >= 11 is 0. The number of carbonyl (C=O) groups is 1. The maximum Gasteiger partial charge on any atom is 0.257 e. The Morgan fingerprint density at radius 2 is 2.00 bits per heavy atom. The number of benzene rings is 1. The number of hydrogen-bond acceptors (Lipinski definition) is 4. The molecule has 23 heavy (non-hydrogen) atoms. The maximum atomic E-state index is 14.1. The molecule has 0 spiro atoms. The predicted octanol–water partition coefficient (Wildman–Crippen LogP) is 0.639. The highest BCUT2D eigenvalue weighted by Crippen LogP contribution is 2.29. The first-order chi connectivity index (χ1) is 10.8. The fraction of sp³-hybridized carbons (Fsp3) is 0.533. The van der Waals surface area contributed by atoms with Crippen LogP contribution in [0.25, 0.3) is 0 Å². The molecular formula is C15H20FN3O3S. The van der Waals surface area contributed by atoms with Gasteiger partial charge in [-0.2, -0.15) is 0 Å². The van der Waals surface area contributed by atoms with E-state index in [1.807, 2.05) is 7.05 Å². The fourth-order valence-electron chi connectivity index (χ4n) is 3.57. The third-order valence-corrected chi connectivity index (χ3v) is 5.56. The topological polar surface area (TPSA) is 83.7 Å². The Bertz CT molecular complexity index is 737. The van der Waals surface area contributed by atoms with Gasteiger partial charge in [0.15, 0.2) is 0 Å². The van der Waals surface area contributed by atoms with Crippen LogP contribution >= 0.6 is 0 Å². The summed E-state index contributed by atoms with van der Waals surface area (Å²) in [5, 5.41) is 5.08. The third-order valence-electron chi connectivity index (χ3n) is 4.65. The number of hydrogen-bond donors (Lipinski definition) is 1. The van der Waals surface area contributed by atoms with Gasteiger partial charge in [0.25, 0.3) is 5.91 Å². The molecule has 3 saturated heterocycles. The molecule has 0 aliphatic carbocycles. The van der Waals surface area contributed by atoms with E-state index in [0.29, 0.717) is 12.5 Å². The zero-order valence-electron chi connectivity index (χ0n) is 12.9. The average Bonchev–Trinajstić information content (AvgIpc) is 2.74. The first-order valence-corrected chi connectivity index (χ1v) is 9.12. The molecule has 3 heterocycles. The molecule has 0 radical (unpaired) electrons. The minimum Gasteiger partial charge on any atom is -0.334 e. The molecule has 0 saturated carbocycles. The van der Waals surface area contributed by atoms with Crippen molar-refractivity contribution in [2.45, 2.75) is 23.8 Å². The number of piperidine rings is 1. The Kier molecular flexibility index (Phi) is 4.16. The van der Waals surface area contributed by atoms with E-state index in [1.165, 1.54) is 0 Å². The van der Waals surface area contributed by atoms with Crippen LogP contribution in [0.1, 0.15) is 23.2 Å². The lowest BCUT2D eigenvalue weighted by Crippen LogP contribution is -2.47. The largest absolute Gasteiger partial charge is 0.334 e. The van der Waals surface area contributed by atoms with E-state index in [0.717, 1.165) is 44.1 Å². The van der Waals surface area contributed by atoms with Crippen LogP contribution in [0.2, 0.25) is 0 Å². The Hall–Kier alpha value is -1.51. The summed E-state index contributed by atoms with van der Waals surface area (Å²) in [6, 6.07) is 3.12. The molecule has 1 aromatic rings. The number of carbonyl (C=O) groups excluding carboxylic acids is 1. The first kappa shape index (κ1) is 16.4. The lowest BCUT2D eigenvalue weighted by atomic mass is 9.94. The van der Waals surface area contributed by atoms with Crippen molar-refractivity contribution in [3.05, 3.63) is 29.6 Å². The van der Waals surface area contributed by atoms with E-state index in [1.54, 1.807) is 4.90 Å². The van der Waals surface area contributed by atoms with Crippen LogP contribution in [0.5, 0.6) is 0 Å². The van der Waals surface area contributed by atoms with Gasteiger partial charge >= 0.3 is 0 Å². The van der Waals surface area contributed by atoms with E-state index in [2.05, 4.69) is 4.90 Å². The first-order valence-electron chi connectivity index (χ1n) is 7.57. The Labute approximate surface area is 135 Å². The van der Waals surface area contributed by atoms with Crippen LogP contribution in [0.3, 0.4) is 0 Å². The molecule has 6 nitrogen and oxygen atoms in total. The molecule has 3 aliphatic heterocycles. The van der Waals surface area contributed by atoms with Crippen molar-refractivity contribution in [2.24, 2.45) is 11.1 Å². The summed E-state index contributed by atoms with van der Waals surface area (Å²) in [6.07, 6.45) is 1.94. The van der Waals surface area contributed by atoms with Crippen molar-refractivity contribution in [3.8, 4) is 0 Å². The van der Waals surface area contributed by atoms with Gasteiger partial charge in [0.1, 0.15) is 5.82 Å². The Balaban J connectivity index is 1.94. The highest BCUT2D eigenvalue weighted by molar-refractivity contribution is 7.89. The van der Waals surface area contributed by atoms with Crippen LogP contribution < -0.4 is 5.14 Å². The number of amides is 1. The lowest BCUT2D eigenvalue weighted by Gasteiger charge is -2.36. The van der Waals surface area contributed by atoms with Crippen molar-refractivity contribution >= 4 is 15.9 Å². The highest BCUT2D eigenvalue weighted by atomic mass is 32.2. The molecule has 3 aliphatic rings. The van der Waals surface area contributed by atoms with Gasteiger partial charge in [-0.1, -0.05) is 0 Å². The second-order valence-corrected chi connectivity index (χ2v) is 8.02. The van der Waals surface area contributed by atoms with Gasteiger partial charge in [-0.15, -0.1) is 0 Å². The van der Waals surface area contributed by atoms with Gasteiger partial charge in [0.2, 0.25) is 10.0 Å². The summed E-state index contributed by atoms with van der Waals surface area (Å²) in [6.45, 7) is 2.24. The minimum absolute atomic E-state index is 0.0313. The minimum atomic E-state index is -3.98. The summed E-state index contributed by atoms with van der Waals surface area (Å²) in [5.41, 5.74) is -0.230. The van der Waals surface area contributed by atoms with Crippen molar-refractivity contribution in [1.29, 1.82) is 0 Å². The van der Waals surface area contributed by atoms with E-state index >= 15 is 0 Å². The van der Waals surface area contributed by atoms with E-state index in [9.17, 15) is 17.6 Å². The lowest BCUT2D eigenvalue weighted by molar-refractivity contribution is 0.0582. The average molecular weight is 341 g/mol. The number of rotatable bonds is 2. The molecule has 1 amide bonds. The summed E-state index contributed by atoms with van der Waals surface area (Å²) in [5.74, 6) is -0.818. The van der Waals surface area contributed by atoms with Gasteiger partial charge in [0, 0.05) is 25.7 Å². The number of nitrogens with zero attached hydrogens (tertiary/aromatic N) is 2.